The lowest BCUT2D eigenvalue weighted by molar-refractivity contribution is -0.118. The normalized spacial score (nSPS) is 23.9. The summed E-state index contributed by atoms with van der Waals surface area (Å²) in [4.78, 5) is 10.9. The van der Waals surface area contributed by atoms with E-state index in [2.05, 4.69) is 18.3 Å². The van der Waals surface area contributed by atoms with E-state index >= 15 is 0 Å². The van der Waals surface area contributed by atoms with E-state index in [1.54, 1.807) is 0 Å². The van der Waals surface area contributed by atoms with Gasteiger partial charge in [-0.25, -0.2) is 0 Å². The Kier molecular flexibility index (Phi) is 3.87. The maximum atomic E-state index is 10.9. The molecule has 1 aliphatic rings. The zero-order valence-electron chi connectivity index (χ0n) is 10.8. The lowest BCUT2D eigenvalue weighted by Gasteiger charge is -2.34. The molecule has 1 aromatic carbocycles. The van der Waals surface area contributed by atoms with Crippen molar-refractivity contribution in [1.82, 2.24) is 5.32 Å². The van der Waals surface area contributed by atoms with Crippen molar-refractivity contribution in [2.75, 3.05) is 6.61 Å². The minimum absolute atomic E-state index is 0.0705. The molecule has 0 aromatic heterocycles. The van der Waals surface area contributed by atoms with Gasteiger partial charge in [0.1, 0.15) is 5.75 Å². The molecule has 1 heterocycles. The fourth-order valence-corrected chi connectivity index (χ4v) is 2.41. The van der Waals surface area contributed by atoms with Gasteiger partial charge in [-0.15, -0.1) is 0 Å². The first-order chi connectivity index (χ1) is 8.58. The summed E-state index contributed by atoms with van der Waals surface area (Å²) in [5.41, 5.74) is 6.38. The van der Waals surface area contributed by atoms with Gasteiger partial charge in [-0.1, -0.05) is 25.1 Å². The third-order valence-electron chi connectivity index (χ3n) is 3.30. The molecule has 3 N–H and O–H groups in total. The number of ether oxygens (including phenoxy) is 1. The summed E-state index contributed by atoms with van der Waals surface area (Å²) in [5.74, 6) is 1.03. The van der Waals surface area contributed by atoms with E-state index in [4.69, 9.17) is 10.5 Å². The van der Waals surface area contributed by atoms with E-state index in [1.165, 1.54) is 0 Å². The van der Waals surface area contributed by atoms with Crippen molar-refractivity contribution < 1.29 is 9.53 Å². The third-order valence-corrected chi connectivity index (χ3v) is 3.30. The van der Waals surface area contributed by atoms with Crippen LogP contribution in [0.2, 0.25) is 0 Å². The summed E-state index contributed by atoms with van der Waals surface area (Å²) in [6.45, 7) is 4.82. The van der Waals surface area contributed by atoms with Crippen LogP contribution in [0.25, 0.3) is 0 Å². The summed E-state index contributed by atoms with van der Waals surface area (Å²) < 4.78 is 5.70. The first kappa shape index (κ1) is 12.9. The molecule has 1 aliphatic heterocycles. The van der Waals surface area contributed by atoms with Crippen LogP contribution in [0.4, 0.5) is 0 Å². The standard InChI is InChI=1S/C14H20N2O2/c1-9-8-18-12-6-4-3-5-11(12)14(9)16-10(2)7-13(15)17/h3-6,9-10,14,16H,7-8H2,1-2H3,(H2,15,17). The van der Waals surface area contributed by atoms with Gasteiger partial charge >= 0.3 is 0 Å². The average molecular weight is 248 g/mol. The summed E-state index contributed by atoms with van der Waals surface area (Å²) in [6.07, 6.45) is 0.353. The van der Waals surface area contributed by atoms with Gasteiger partial charge in [-0.05, 0) is 13.0 Å². The molecule has 0 spiro atoms. The van der Waals surface area contributed by atoms with Gasteiger partial charge in [0.05, 0.1) is 6.61 Å². The molecule has 0 radical (unpaired) electrons. The molecule has 0 aliphatic carbocycles. The van der Waals surface area contributed by atoms with Crippen LogP contribution in [-0.2, 0) is 4.79 Å². The van der Waals surface area contributed by atoms with Crippen molar-refractivity contribution in [2.45, 2.75) is 32.4 Å². The highest BCUT2D eigenvalue weighted by Gasteiger charge is 2.28. The van der Waals surface area contributed by atoms with E-state index in [0.29, 0.717) is 18.9 Å². The molecule has 2 rings (SSSR count). The highest BCUT2D eigenvalue weighted by Crippen LogP contribution is 2.35. The van der Waals surface area contributed by atoms with E-state index < -0.39 is 0 Å². The Labute approximate surface area is 108 Å². The molecular formula is C14H20N2O2. The number of para-hydroxylation sites is 1. The Morgan fingerprint density at radius 3 is 3.00 bits per heavy atom. The van der Waals surface area contributed by atoms with Crippen molar-refractivity contribution in [3.63, 3.8) is 0 Å². The van der Waals surface area contributed by atoms with Crippen molar-refractivity contribution in [1.29, 1.82) is 0 Å². The highest BCUT2D eigenvalue weighted by molar-refractivity contribution is 5.74. The molecule has 4 nitrogen and oxygen atoms in total. The van der Waals surface area contributed by atoms with Gasteiger partial charge in [0.25, 0.3) is 0 Å². The van der Waals surface area contributed by atoms with Gasteiger partial charge in [0.2, 0.25) is 5.91 Å². The van der Waals surface area contributed by atoms with Crippen molar-refractivity contribution in [3.05, 3.63) is 29.8 Å². The summed E-state index contributed by atoms with van der Waals surface area (Å²) >= 11 is 0. The molecule has 0 fully saturated rings. The van der Waals surface area contributed by atoms with E-state index in [-0.39, 0.29) is 18.0 Å². The number of primary amides is 1. The number of rotatable bonds is 4. The van der Waals surface area contributed by atoms with Crippen LogP contribution in [0.3, 0.4) is 0 Å². The molecule has 3 unspecified atom stereocenters. The number of hydrogen-bond donors (Lipinski definition) is 2. The number of fused-ring (bicyclic) bond motifs is 1. The second-order valence-corrected chi connectivity index (χ2v) is 5.04. The lowest BCUT2D eigenvalue weighted by Crippen LogP contribution is -2.40. The molecule has 4 heteroatoms. The number of benzene rings is 1. The molecule has 3 atom stereocenters. The Balaban J connectivity index is 2.14. The quantitative estimate of drug-likeness (QED) is 0.851. The zero-order valence-corrected chi connectivity index (χ0v) is 10.8. The van der Waals surface area contributed by atoms with Gasteiger partial charge in [0, 0.05) is 30.0 Å². The first-order valence-electron chi connectivity index (χ1n) is 6.34. The predicted octanol–water partition coefficient (Wildman–Crippen LogP) is 1.61. The predicted molar refractivity (Wildman–Crippen MR) is 70.3 cm³/mol. The Hall–Kier alpha value is -1.55. The molecule has 0 bridgehead atoms. The van der Waals surface area contributed by atoms with Crippen molar-refractivity contribution >= 4 is 5.91 Å². The van der Waals surface area contributed by atoms with Gasteiger partial charge < -0.3 is 15.8 Å². The second kappa shape index (κ2) is 5.40. The molecule has 1 amide bonds. The number of carbonyl (C=O) groups is 1. The first-order valence-corrected chi connectivity index (χ1v) is 6.34. The fourth-order valence-electron chi connectivity index (χ4n) is 2.41. The summed E-state index contributed by atoms with van der Waals surface area (Å²) in [7, 11) is 0. The summed E-state index contributed by atoms with van der Waals surface area (Å²) in [5, 5.41) is 3.48. The molecule has 18 heavy (non-hydrogen) atoms. The Morgan fingerprint density at radius 1 is 1.56 bits per heavy atom. The Morgan fingerprint density at radius 2 is 2.28 bits per heavy atom. The average Bonchev–Trinajstić information content (AvgIpc) is 2.32. The second-order valence-electron chi connectivity index (χ2n) is 5.04. The van der Waals surface area contributed by atoms with Crippen LogP contribution in [0, 0.1) is 5.92 Å². The molecule has 0 saturated carbocycles. The van der Waals surface area contributed by atoms with Crippen LogP contribution in [0.5, 0.6) is 5.75 Å². The SMILES string of the molecule is CC(CC(N)=O)NC1c2ccccc2OCC1C. The van der Waals surface area contributed by atoms with E-state index in [1.807, 2.05) is 25.1 Å². The Bertz CT molecular complexity index is 434. The number of hydrogen-bond acceptors (Lipinski definition) is 3. The number of amides is 1. The number of nitrogens with one attached hydrogen (secondary N) is 1. The summed E-state index contributed by atoms with van der Waals surface area (Å²) in [6, 6.07) is 8.31. The van der Waals surface area contributed by atoms with Crippen LogP contribution in [0.1, 0.15) is 31.9 Å². The maximum absolute atomic E-state index is 10.9. The minimum Gasteiger partial charge on any atom is -0.493 e. The van der Waals surface area contributed by atoms with Gasteiger partial charge in [0.15, 0.2) is 0 Å². The molecule has 1 aromatic rings. The number of nitrogens with two attached hydrogens (primary N) is 1. The third kappa shape index (κ3) is 2.82. The van der Waals surface area contributed by atoms with Gasteiger partial charge in [-0.3, -0.25) is 4.79 Å². The molecule has 0 saturated heterocycles. The maximum Gasteiger partial charge on any atom is 0.218 e. The van der Waals surface area contributed by atoms with Crippen LogP contribution >= 0.6 is 0 Å². The minimum atomic E-state index is -0.275. The van der Waals surface area contributed by atoms with Crippen LogP contribution in [0.15, 0.2) is 24.3 Å². The van der Waals surface area contributed by atoms with Crippen molar-refractivity contribution in [2.24, 2.45) is 11.7 Å². The van der Waals surface area contributed by atoms with E-state index in [0.717, 1.165) is 11.3 Å². The fraction of sp³-hybridized carbons (Fsp3) is 0.500. The molecular weight excluding hydrogens is 228 g/mol. The van der Waals surface area contributed by atoms with E-state index in [9.17, 15) is 4.79 Å². The van der Waals surface area contributed by atoms with Crippen LogP contribution < -0.4 is 15.8 Å². The lowest BCUT2D eigenvalue weighted by atomic mass is 9.91. The topological polar surface area (TPSA) is 64.4 Å². The smallest absolute Gasteiger partial charge is 0.218 e. The monoisotopic (exact) mass is 248 g/mol. The van der Waals surface area contributed by atoms with Gasteiger partial charge in [-0.2, -0.15) is 0 Å². The highest BCUT2D eigenvalue weighted by atomic mass is 16.5. The molecule has 98 valence electrons. The number of carbonyl (C=O) groups excluding carboxylic acids is 1. The van der Waals surface area contributed by atoms with Crippen molar-refractivity contribution in [3.8, 4) is 5.75 Å². The zero-order chi connectivity index (χ0) is 13.1. The van der Waals surface area contributed by atoms with Crippen LogP contribution in [-0.4, -0.2) is 18.6 Å². The largest absolute Gasteiger partial charge is 0.493 e.